The van der Waals surface area contributed by atoms with E-state index in [2.05, 4.69) is 35.9 Å². The number of allylic oxidation sites excluding steroid dienone is 2. The van der Waals surface area contributed by atoms with Crippen molar-refractivity contribution in [3.8, 4) is 0 Å². The van der Waals surface area contributed by atoms with Crippen LogP contribution in [0.2, 0.25) is 0 Å². The molecule has 0 spiro atoms. The van der Waals surface area contributed by atoms with E-state index in [1.54, 1.807) is 11.8 Å². The van der Waals surface area contributed by atoms with Gasteiger partial charge in [-0.1, -0.05) is 60.3 Å². The molecule has 0 saturated heterocycles. The lowest BCUT2D eigenvalue weighted by atomic mass is 9.88. The molecule has 1 aliphatic rings. The van der Waals surface area contributed by atoms with Crippen LogP contribution >= 0.6 is 11.8 Å². The minimum Gasteiger partial charge on any atom is -0.331 e. The van der Waals surface area contributed by atoms with E-state index in [9.17, 15) is 4.79 Å². The molecule has 1 aliphatic heterocycles. The number of fused-ring (bicyclic) bond motifs is 4. The Kier molecular flexibility index (Phi) is 4.10. The third-order valence-electron chi connectivity index (χ3n) is 4.70. The van der Waals surface area contributed by atoms with Crippen LogP contribution in [-0.2, 0) is 6.54 Å². The fourth-order valence-electron chi connectivity index (χ4n) is 3.62. The summed E-state index contributed by atoms with van der Waals surface area (Å²) in [5, 5.41) is 2.05. The third-order valence-corrected chi connectivity index (χ3v) is 5.91. The molecule has 0 radical (unpaired) electrons. The van der Waals surface area contributed by atoms with E-state index in [4.69, 9.17) is 0 Å². The van der Waals surface area contributed by atoms with Gasteiger partial charge in [-0.05, 0) is 24.1 Å². The lowest BCUT2D eigenvalue weighted by Gasteiger charge is -2.14. The highest BCUT2D eigenvalue weighted by molar-refractivity contribution is 7.99. The van der Waals surface area contributed by atoms with Gasteiger partial charge in [0.15, 0.2) is 5.78 Å². The van der Waals surface area contributed by atoms with Gasteiger partial charge < -0.3 is 4.57 Å². The van der Waals surface area contributed by atoms with Crippen molar-refractivity contribution < 1.29 is 4.79 Å². The van der Waals surface area contributed by atoms with Crippen molar-refractivity contribution in [2.75, 3.05) is 0 Å². The molecule has 0 bridgehead atoms. The summed E-state index contributed by atoms with van der Waals surface area (Å²) in [6.45, 7) is 8.45. The molecule has 3 heteroatoms. The van der Waals surface area contributed by atoms with E-state index in [0.717, 1.165) is 32.0 Å². The molecule has 0 aliphatic carbocycles. The zero-order chi connectivity index (χ0) is 17.4. The van der Waals surface area contributed by atoms with Crippen LogP contribution in [0.3, 0.4) is 0 Å². The number of hydrogen-bond donors (Lipinski definition) is 0. The van der Waals surface area contributed by atoms with E-state index >= 15 is 0 Å². The van der Waals surface area contributed by atoms with Crippen LogP contribution in [0.4, 0.5) is 0 Å². The normalized spacial score (nSPS) is 16.2. The first-order valence-electron chi connectivity index (χ1n) is 8.40. The smallest absolute Gasteiger partial charge is 0.174 e. The summed E-state index contributed by atoms with van der Waals surface area (Å²) in [7, 11) is 0. The molecule has 4 rings (SSSR count). The van der Waals surface area contributed by atoms with E-state index in [1.807, 2.05) is 42.5 Å². The second-order valence-corrected chi connectivity index (χ2v) is 7.21. The Hall–Kier alpha value is -2.52. The van der Waals surface area contributed by atoms with E-state index < -0.39 is 0 Å². The van der Waals surface area contributed by atoms with Gasteiger partial charge in [0.05, 0.1) is 16.5 Å². The minimum absolute atomic E-state index is 0.176. The lowest BCUT2D eigenvalue weighted by Crippen LogP contribution is -2.12. The van der Waals surface area contributed by atoms with Crippen LogP contribution in [0.15, 0.2) is 83.8 Å². The second kappa shape index (κ2) is 6.41. The molecule has 2 aromatic carbocycles. The number of rotatable bonds is 4. The number of carbonyl (C=O) groups excluding carboxylic acids is 1. The highest BCUT2D eigenvalue weighted by Crippen LogP contribution is 2.46. The van der Waals surface area contributed by atoms with Crippen LogP contribution in [0.1, 0.15) is 28.3 Å². The van der Waals surface area contributed by atoms with Crippen LogP contribution in [0, 0.1) is 0 Å². The average molecular weight is 345 g/mol. The molecule has 2 heterocycles. The van der Waals surface area contributed by atoms with Crippen LogP contribution in [-0.4, -0.2) is 10.4 Å². The van der Waals surface area contributed by atoms with Crippen molar-refractivity contribution in [1.82, 2.24) is 4.57 Å². The standard InChI is InChI=1S/C22H19NOS/c1-3-9-16-15-10-6-8-13-19(15)25-22-20(21(16)24)17-11-5-7-12-18(17)23(22)14-4-2/h3-8,10-13,16H,1-2,9,14H2. The SMILES string of the molecule is C=CCC1C(=O)c2c(n(CC=C)c3ccccc23)Sc2ccccc21. The molecule has 1 unspecified atom stereocenters. The fourth-order valence-corrected chi connectivity index (χ4v) is 4.89. The highest BCUT2D eigenvalue weighted by atomic mass is 32.2. The number of benzene rings is 2. The molecule has 0 amide bonds. The zero-order valence-corrected chi connectivity index (χ0v) is 14.8. The number of aromatic nitrogens is 1. The molecule has 1 atom stereocenters. The van der Waals surface area contributed by atoms with Crippen molar-refractivity contribution in [3.05, 3.63) is 85.0 Å². The summed E-state index contributed by atoms with van der Waals surface area (Å²) in [6, 6.07) is 16.4. The Labute approximate surface area is 151 Å². The zero-order valence-electron chi connectivity index (χ0n) is 13.9. The van der Waals surface area contributed by atoms with Gasteiger partial charge in [0.1, 0.15) is 0 Å². The first kappa shape index (κ1) is 16.0. The molecule has 124 valence electrons. The van der Waals surface area contributed by atoms with Gasteiger partial charge in [-0.2, -0.15) is 0 Å². The van der Waals surface area contributed by atoms with Crippen molar-refractivity contribution >= 4 is 28.4 Å². The molecular formula is C22H19NOS. The van der Waals surface area contributed by atoms with Gasteiger partial charge in [0.25, 0.3) is 0 Å². The molecular weight excluding hydrogens is 326 g/mol. The summed E-state index contributed by atoms with van der Waals surface area (Å²) in [6.07, 6.45) is 4.38. The molecule has 3 aromatic rings. The summed E-state index contributed by atoms with van der Waals surface area (Å²) in [5.74, 6) is 0.0109. The number of hydrogen-bond acceptors (Lipinski definition) is 2. The molecule has 0 N–H and O–H groups in total. The van der Waals surface area contributed by atoms with Gasteiger partial charge in [0.2, 0.25) is 0 Å². The Morgan fingerprint density at radius 2 is 1.80 bits per heavy atom. The molecule has 0 fully saturated rings. The molecule has 2 nitrogen and oxygen atoms in total. The number of Topliss-reactive ketones (excluding diaryl/α,β-unsaturated/α-hetero) is 1. The fraction of sp³-hybridized carbons (Fsp3) is 0.136. The average Bonchev–Trinajstić information content (AvgIpc) is 2.87. The second-order valence-electron chi connectivity index (χ2n) is 6.18. The Morgan fingerprint density at radius 1 is 1.04 bits per heavy atom. The first-order chi connectivity index (χ1) is 12.3. The monoisotopic (exact) mass is 345 g/mol. The largest absolute Gasteiger partial charge is 0.331 e. The van der Waals surface area contributed by atoms with Gasteiger partial charge >= 0.3 is 0 Å². The lowest BCUT2D eigenvalue weighted by molar-refractivity contribution is 0.0958. The van der Waals surface area contributed by atoms with Crippen molar-refractivity contribution in [3.63, 3.8) is 0 Å². The van der Waals surface area contributed by atoms with Crippen molar-refractivity contribution in [1.29, 1.82) is 0 Å². The maximum atomic E-state index is 13.5. The first-order valence-corrected chi connectivity index (χ1v) is 9.22. The highest BCUT2D eigenvalue weighted by Gasteiger charge is 2.33. The van der Waals surface area contributed by atoms with Gasteiger partial charge in [0, 0.05) is 22.3 Å². The maximum absolute atomic E-state index is 13.5. The Bertz CT molecular complexity index is 998. The van der Waals surface area contributed by atoms with E-state index in [0.29, 0.717) is 13.0 Å². The van der Waals surface area contributed by atoms with Gasteiger partial charge in [-0.15, -0.1) is 13.2 Å². The maximum Gasteiger partial charge on any atom is 0.174 e. The molecule has 1 aromatic heterocycles. The Balaban J connectivity index is 2.05. The summed E-state index contributed by atoms with van der Waals surface area (Å²) in [4.78, 5) is 14.7. The number of nitrogens with zero attached hydrogens (tertiary/aromatic N) is 1. The quantitative estimate of drug-likeness (QED) is 0.555. The summed E-state index contributed by atoms with van der Waals surface area (Å²) < 4.78 is 2.20. The number of ketones is 1. The summed E-state index contributed by atoms with van der Waals surface area (Å²) >= 11 is 1.69. The van der Waals surface area contributed by atoms with Crippen LogP contribution < -0.4 is 0 Å². The predicted molar refractivity (Wildman–Crippen MR) is 105 cm³/mol. The number of carbonyl (C=O) groups is 1. The number of para-hydroxylation sites is 1. The van der Waals surface area contributed by atoms with Gasteiger partial charge in [-0.25, -0.2) is 0 Å². The van der Waals surface area contributed by atoms with Crippen molar-refractivity contribution in [2.24, 2.45) is 0 Å². The van der Waals surface area contributed by atoms with E-state index in [1.165, 1.54) is 0 Å². The minimum atomic E-state index is -0.176. The van der Waals surface area contributed by atoms with Crippen molar-refractivity contribution in [2.45, 2.75) is 28.8 Å². The predicted octanol–water partition coefficient (Wildman–Crippen LogP) is 5.83. The van der Waals surface area contributed by atoms with Crippen LogP contribution in [0.25, 0.3) is 10.9 Å². The third kappa shape index (κ3) is 2.47. The van der Waals surface area contributed by atoms with Crippen LogP contribution in [0.5, 0.6) is 0 Å². The molecule has 25 heavy (non-hydrogen) atoms. The van der Waals surface area contributed by atoms with E-state index in [-0.39, 0.29) is 11.7 Å². The van der Waals surface area contributed by atoms with Gasteiger partial charge in [-0.3, -0.25) is 4.79 Å². The summed E-state index contributed by atoms with van der Waals surface area (Å²) in [5.41, 5.74) is 3.03. The topological polar surface area (TPSA) is 22.0 Å². The molecule has 0 saturated carbocycles. The Morgan fingerprint density at radius 3 is 2.60 bits per heavy atom.